The molecule has 0 aliphatic rings. The third-order valence-electron chi connectivity index (χ3n) is 2.18. The number of unbranched alkanes of at least 4 members (excludes halogenated alkanes) is 1. The number of nitrogens with one attached hydrogen (secondary N) is 1. The van der Waals surface area contributed by atoms with Gasteiger partial charge >= 0.3 is 5.97 Å². The number of carboxylic acids is 1. The maximum atomic E-state index is 11.6. The monoisotopic (exact) mass is 251 g/mol. The van der Waals surface area contributed by atoms with Crippen molar-refractivity contribution in [2.24, 2.45) is 5.41 Å². The molecule has 0 bridgehead atoms. The molecule has 0 aliphatic carbocycles. The summed E-state index contributed by atoms with van der Waals surface area (Å²) in [5.74, 6) is -1.17. The number of carbonyl (C=O) groups is 1. The zero-order valence-electron chi connectivity index (χ0n) is 10.3. The van der Waals surface area contributed by atoms with Gasteiger partial charge in [-0.15, -0.1) is 0 Å². The van der Waals surface area contributed by atoms with Gasteiger partial charge < -0.3 is 5.11 Å². The molecule has 1 unspecified atom stereocenters. The molecule has 0 aliphatic heterocycles. The van der Waals surface area contributed by atoms with Gasteiger partial charge in [-0.05, 0) is 11.8 Å². The summed E-state index contributed by atoms with van der Waals surface area (Å²) in [6, 6.07) is -1.09. The Balaban J connectivity index is 4.71. The molecule has 0 radical (unpaired) electrons. The van der Waals surface area contributed by atoms with Crippen molar-refractivity contribution in [3.8, 4) is 0 Å². The zero-order valence-corrected chi connectivity index (χ0v) is 11.1. The SMILES string of the molecule is CCCCS(=O)(=O)NC(C(=O)O)C(C)(C)C. The first kappa shape index (κ1) is 15.4. The minimum atomic E-state index is -3.50. The van der Waals surface area contributed by atoms with Crippen molar-refractivity contribution in [3.63, 3.8) is 0 Å². The van der Waals surface area contributed by atoms with Gasteiger partial charge in [-0.25, -0.2) is 13.1 Å². The van der Waals surface area contributed by atoms with Gasteiger partial charge in [-0.2, -0.15) is 0 Å². The molecule has 0 aromatic carbocycles. The van der Waals surface area contributed by atoms with Crippen LogP contribution in [0.4, 0.5) is 0 Å². The van der Waals surface area contributed by atoms with Crippen LogP contribution in [0.5, 0.6) is 0 Å². The van der Waals surface area contributed by atoms with Crippen LogP contribution in [0.2, 0.25) is 0 Å². The fourth-order valence-corrected chi connectivity index (χ4v) is 2.77. The maximum absolute atomic E-state index is 11.6. The molecule has 0 aromatic heterocycles. The van der Waals surface area contributed by atoms with E-state index in [-0.39, 0.29) is 5.75 Å². The number of rotatable bonds is 6. The van der Waals surface area contributed by atoms with Gasteiger partial charge in [0.25, 0.3) is 0 Å². The summed E-state index contributed by atoms with van der Waals surface area (Å²) >= 11 is 0. The Labute approximate surface area is 97.3 Å². The third kappa shape index (κ3) is 5.46. The summed E-state index contributed by atoms with van der Waals surface area (Å²) in [5, 5.41) is 8.97. The van der Waals surface area contributed by atoms with E-state index in [2.05, 4.69) is 4.72 Å². The van der Waals surface area contributed by atoms with E-state index in [0.717, 1.165) is 6.42 Å². The van der Waals surface area contributed by atoms with E-state index in [1.807, 2.05) is 6.92 Å². The van der Waals surface area contributed by atoms with Gasteiger partial charge in [0.15, 0.2) is 0 Å². The Morgan fingerprint density at radius 2 is 1.88 bits per heavy atom. The van der Waals surface area contributed by atoms with Crippen LogP contribution in [-0.2, 0) is 14.8 Å². The van der Waals surface area contributed by atoms with Crippen molar-refractivity contribution in [1.82, 2.24) is 4.72 Å². The smallest absolute Gasteiger partial charge is 0.322 e. The van der Waals surface area contributed by atoms with Gasteiger partial charge in [-0.1, -0.05) is 34.1 Å². The quantitative estimate of drug-likeness (QED) is 0.743. The minimum Gasteiger partial charge on any atom is -0.480 e. The lowest BCUT2D eigenvalue weighted by Crippen LogP contribution is -2.49. The van der Waals surface area contributed by atoms with Crippen molar-refractivity contribution < 1.29 is 18.3 Å². The number of hydrogen-bond acceptors (Lipinski definition) is 3. The summed E-state index contributed by atoms with van der Waals surface area (Å²) in [5.41, 5.74) is -0.648. The predicted octanol–water partition coefficient (Wildman–Crippen LogP) is 1.21. The standard InChI is InChI=1S/C10H21NO4S/c1-5-6-7-16(14,15)11-8(9(12)13)10(2,3)4/h8,11H,5-7H2,1-4H3,(H,12,13). The number of sulfonamides is 1. The predicted molar refractivity (Wildman–Crippen MR) is 62.7 cm³/mol. The van der Waals surface area contributed by atoms with E-state index in [4.69, 9.17) is 5.11 Å². The van der Waals surface area contributed by atoms with Crippen LogP contribution in [-0.4, -0.2) is 31.3 Å². The first-order valence-electron chi connectivity index (χ1n) is 5.33. The molecule has 2 N–H and O–H groups in total. The number of carboxylic acid groups (broad SMARTS) is 1. The molecule has 0 amide bonds. The summed E-state index contributed by atoms with van der Waals surface area (Å²) < 4.78 is 25.4. The van der Waals surface area contributed by atoms with Crippen LogP contribution in [0.15, 0.2) is 0 Å². The molecule has 6 heteroatoms. The van der Waals surface area contributed by atoms with Crippen molar-refractivity contribution in [3.05, 3.63) is 0 Å². The molecule has 16 heavy (non-hydrogen) atoms. The van der Waals surface area contributed by atoms with Crippen LogP contribution < -0.4 is 4.72 Å². The lowest BCUT2D eigenvalue weighted by Gasteiger charge is -2.27. The largest absolute Gasteiger partial charge is 0.480 e. The average molecular weight is 251 g/mol. The Kier molecular flexibility index (Phi) is 5.41. The van der Waals surface area contributed by atoms with Crippen LogP contribution in [0.25, 0.3) is 0 Å². The lowest BCUT2D eigenvalue weighted by atomic mass is 9.88. The Morgan fingerprint density at radius 1 is 1.38 bits per heavy atom. The van der Waals surface area contributed by atoms with Crippen LogP contribution >= 0.6 is 0 Å². The van der Waals surface area contributed by atoms with Crippen LogP contribution in [0, 0.1) is 5.41 Å². The zero-order chi connectivity index (χ0) is 13.0. The topological polar surface area (TPSA) is 83.5 Å². The minimum absolute atomic E-state index is 0.0244. The molecule has 0 saturated heterocycles. The van der Waals surface area contributed by atoms with Gasteiger partial charge in [0, 0.05) is 0 Å². The fraction of sp³-hybridized carbons (Fsp3) is 0.900. The summed E-state index contributed by atoms with van der Waals surface area (Å²) in [4.78, 5) is 11.0. The van der Waals surface area contributed by atoms with Crippen molar-refractivity contribution in [2.75, 3.05) is 5.75 Å². The highest BCUT2D eigenvalue weighted by Crippen LogP contribution is 2.20. The Hall–Kier alpha value is -0.620. The molecule has 0 spiro atoms. The third-order valence-corrected chi connectivity index (χ3v) is 3.60. The van der Waals surface area contributed by atoms with Gasteiger partial charge in [0.2, 0.25) is 10.0 Å². The van der Waals surface area contributed by atoms with Crippen LogP contribution in [0.1, 0.15) is 40.5 Å². The van der Waals surface area contributed by atoms with E-state index in [9.17, 15) is 13.2 Å². The molecule has 5 nitrogen and oxygen atoms in total. The molecule has 96 valence electrons. The van der Waals surface area contributed by atoms with E-state index in [0.29, 0.717) is 6.42 Å². The van der Waals surface area contributed by atoms with Crippen molar-refractivity contribution in [2.45, 2.75) is 46.6 Å². The number of aliphatic carboxylic acids is 1. The average Bonchev–Trinajstić information content (AvgIpc) is 2.09. The molecule has 0 aromatic rings. The molecule has 0 fully saturated rings. The van der Waals surface area contributed by atoms with E-state index in [1.54, 1.807) is 20.8 Å². The van der Waals surface area contributed by atoms with E-state index < -0.39 is 27.4 Å². The first-order chi connectivity index (χ1) is 7.10. The Morgan fingerprint density at radius 3 is 2.19 bits per heavy atom. The first-order valence-corrected chi connectivity index (χ1v) is 6.98. The molecular weight excluding hydrogens is 230 g/mol. The van der Waals surface area contributed by atoms with E-state index in [1.165, 1.54) is 0 Å². The van der Waals surface area contributed by atoms with E-state index >= 15 is 0 Å². The second kappa shape index (κ2) is 5.63. The highest BCUT2D eigenvalue weighted by Gasteiger charge is 2.34. The molecule has 0 heterocycles. The Bertz CT molecular complexity index is 329. The lowest BCUT2D eigenvalue weighted by molar-refractivity contribution is -0.141. The summed E-state index contributed by atoms with van der Waals surface area (Å²) in [7, 11) is -3.50. The normalized spacial score (nSPS) is 14.8. The van der Waals surface area contributed by atoms with Gasteiger partial charge in [-0.3, -0.25) is 4.79 Å². The molecule has 0 saturated carbocycles. The van der Waals surface area contributed by atoms with Crippen molar-refractivity contribution in [1.29, 1.82) is 0 Å². The highest BCUT2D eigenvalue weighted by atomic mass is 32.2. The maximum Gasteiger partial charge on any atom is 0.322 e. The number of hydrogen-bond donors (Lipinski definition) is 2. The van der Waals surface area contributed by atoms with Gasteiger partial charge in [0.1, 0.15) is 6.04 Å². The molecule has 0 rings (SSSR count). The highest BCUT2D eigenvalue weighted by molar-refractivity contribution is 7.89. The second-order valence-corrected chi connectivity index (χ2v) is 6.80. The summed E-state index contributed by atoms with van der Waals surface area (Å²) in [6.07, 6.45) is 1.29. The fourth-order valence-electron chi connectivity index (χ4n) is 1.17. The van der Waals surface area contributed by atoms with Crippen LogP contribution in [0.3, 0.4) is 0 Å². The van der Waals surface area contributed by atoms with Crippen molar-refractivity contribution >= 4 is 16.0 Å². The molecule has 1 atom stereocenters. The molecular formula is C10H21NO4S. The second-order valence-electron chi connectivity index (χ2n) is 4.93. The van der Waals surface area contributed by atoms with Gasteiger partial charge in [0.05, 0.1) is 5.75 Å². The summed E-state index contributed by atoms with van der Waals surface area (Å²) in [6.45, 7) is 6.95.